The molecule has 1 aliphatic rings. The number of rotatable bonds is 7. The van der Waals surface area contributed by atoms with Crippen LogP contribution in [0.3, 0.4) is 0 Å². The molecule has 10 nitrogen and oxygen atoms in total. The Morgan fingerprint density at radius 2 is 2.06 bits per heavy atom. The first-order valence-electron chi connectivity index (χ1n) is 10.2. The molecule has 1 aromatic carbocycles. The molecule has 11 heteroatoms. The smallest absolute Gasteiger partial charge is 0.243 e. The predicted octanol–water partition coefficient (Wildman–Crippen LogP) is 1.39. The second-order valence-electron chi connectivity index (χ2n) is 7.42. The lowest BCUT2D eigenvalue weighted by atomic mass is 9.99. The summed E-state index contributed by atoms with van der Waals surface area (Å²) in [6.45, 7) is 0.782. The molecule has 168 valence electrons. The molecule has 0 radical (unpaired) electrons. The van der Waals surface area contributed by atoms with Crippen molar-refractivity contribution in [2.24, 2.45) is 5.92 Å². The second-order valence-corrected chi connectivity index (χ2v) is 9.36. The van der Waals surface area contributed by atoms with Gasteiger partial charge in [0.05, 0.1) is 17.9 Å². The summed E-state index contributed by atoms with van der Waals surface area (Å²) in [6, 6.07) is 9.90. The van der Waals surface area contributed by atoms with E-state index in [1.54, 1.807) is 24.4 Å². The van der Waals surface area contributed by atoms with Crippen molar-refractivity contribution in [1.29, 1.82) is 0 Å². The van der Waals surface area contributed by atoms with Crippen molar-refractivity contribution >= 4 is 15.9 Å². The number of piperidine rings is 1. The third-order valence-corrected chi connectivity index (χ3v) is 7.29. The van der Waals surface area contributed by atoms with Crippen LogP contribution in [0.2, 0.25) is 0 Å². The first kappa shape index (κ1) is 21.9. The van der Waals surface area contributed by atoms with Crippen molar-refractivity contribution in [3.8, 4) is 11.6 Å². The number of nitrogens with zero attached hydrogens (tertiary/aromatic N) is 5. The van der Waals surface area contributed by atoms with Gasteiger partial charge in [0.15, 0.2) is 5.82 Å². The van der Waals surface area contributed by atoms with Gasteiger partial charge < -0.3 is 10.1 Å². The van der Waals surface area contributed by atoms with E-state index < -0.39 is 15.9 Å². The topological polar surface area (TPSA) is 119 Å². The Bertz CT molecular complexity index is 1170. The summed E-state index contributed by atoms with van der Waals surface area (Å²) in [5.41, 5.74) is 0.782. The molecule has 1 fully saturated rings. The average molecular weight is 457 g/mol. The fourth-order valence-corrected chi connectivity index (χ4v) is 5.21. The van der Waals surface area contributed by atoms with E-state index in [4.69, 9.17) is 4.74 Å². The minimum atomic E-state index is -3.69. The van der Waals surface area contributed by atoms with Crippen LogP contribution in [0.5, 0.6) is 5.75 Å². The van der Waals surface area contributed by atoms with Gasteiger partial charge in [-0.05, 0) is 43.2 Å². The van der Waals surface area contributed by atoms with Gasteiger partial charge in [-0.25, -0.2) is 23.1 Å². The molecule has 1 saturated heterocycles. The zero-order valence-corrected chi connectivity index (χ0v) is 18.4. The number of methoxy groups -OCH3 is 1. The Morgan fingerprint density at radius 1 is 1.25 bits per heavy atom. The number of hydrogen-bond donors (Lipinski definition) is 1. The van der Waals surface area contributed by atoms with Gasteiger partial charge in [0.25, 0.3) is 0 Å². The standard InChI is InChI=1S/C21H24N6O4S/c1-31-18-6-8-19(9-7-18)32(29,30)26-11-3-5-17(13-26)21(28)24-12-16-4-2-10-23-20(16)27-15-22-14-25-27/h2,4,6-10,14-15,17H,3,5,11-13H2,1H3,(H,24,28). The summed E-state index contributed by atoms with van der Waals surface area (Å²) in [4.78, 5) is 21.3. The van der Waals surface area contributed by atoms with Crippen molar-refractivity contribution < 1.29 is 17.9 Å². The number of aromatic nitrogens is 4. The highest BCUT2D eigenvalue weighted by Gasteiger charge is 2.33. The van der Waals surface area contributed by atoms with Crippen molar-refractivity contribution in [3.05, 3.63) is 60.8 Å². The predicted molar refractivity (Wildman–Crippen MR) is 115 cm³/mol. The summed E-state index contributed by atoms with van der Waals surface area (Å²) in [5, 5.41) is 7.01. The molecule has 4 rings (SSSR count). The highest BCUT2D eigenvalue weighted by Crippen LogP contribution is 2.25. The first-order valence-corrected chi connectivity index (χ1v) is 11.6. The van der Waals surface area contributed by atoms with Crippen LogP contribution in [-0.4, -0.2) is 58.6 Å². The Labute approximate surface area is 186 Å². The molecule has 1 unspecified atom stereocenters. The van der Waals surface area contributed by atoms with E-state index in [2.05, 4.69) is 20.4 Å². The van der Waals surface area contributed by atoms with E-state index >= 15 is 0 Å². The molecule has 3 aromatic rings. The fourth-order valence-electron chi connectivity index (χ4n) is 3.69. The number of carbonyl (C=O) groups excluding carboxylic acids is 1. The molecular weight excluding hydrogens is 432 g/mol. The number of sulfonamides is 1. The van der Waals surface area contributed by atoms with Gasteiger partial charge in [-0.15, -0.1) is 0 Å². The summed E-state index contributed by atoms with van der Waals surface area (Å²) >= 11 is 0. The van der Waals surface area contributed by atoms with E-state index in [1.165, 1.54) is 40.9 Å². The fraction of sp³-hybridized carbons (Fsp3) is 0.333. The van der Waals surface area contributed by atoms with Gasteiger partial charge in [0, 0.05) is 31.4 Å². The van der Waals surface area contributed by atoms with Gasteiger partial charge in [-0.2, -0.15) is 9.40 Å². The minimum Gasteiger partial charge on any atom is -0.497 e. The molecule has 0 bridgehead atoms. The number of ether oxygens (including phenoxy) is 1. The number of hydrogen-bond acceptors (Lipinski definition) is 7. The maximum Gasteiger partial charge on any atom is 0.243 e. The van der Waals surface area contributed by atoms with Gasteiger partial charge in [-0.1, -0.05) is 6.07 Å². The van der Waals surface area contributed by atoms with Crippen LogP contribution < -0.4 is 10.1 Å². The van der Waals surface area contributed by atoms with E-state index in [0.717, 1.165) is 5.56 Å². The first-order chi connectivity index (χ1) is 15.5. The van der Waals surface area contributed by atoms with Crippen LogP contribution in [0.1, 0.15) is 18.4 Å². The zero-order valence-electron chi connectivity index (χ0n) is 17.6. The van der Waals surface area contributed by atoms with Crippen molar-refractivity contribution in [1.82, 2.24) is 29.4 Å². The lowest BCUT2D eigenvalue weighted by molar-refractivity contribution is -0.126. The number of amides is 1. The van der Waals surface area contributed by atoms with E-state index in [0.29, 0.717) is 31.0 Å². The summed E-state index contributed by atoms with van der Waals surface area (Å²) in [5.74, 6) is 0.550. The maximum atomic E-state index is 13.0. The lowest BCUT2D eigenvalue weighted by Gasteiger charge is -2.31. The van der Waals surface area contributed by atoms with E-state index in [-0.39, 0.29) is 23.9 Å². The second kappa shape index (κ2) is 9.45. The quantitative estimate of drug-likeness (QED) is 0.570. The number of carbonyl (C=O) groups is 1. The maximum absolute atomic E-state index is 13.0. The molecule has 1 N–H and O–H groups in total. The molecule has 0 aliphatic carbocycles. The Morgan fingerprint density at radius 3 is 2.78 bits per heavy atom. The van der Waals surface area contributed by atoms with Crippen LogP contribution in [0.15, 0.2) is 60.1 Å². The van der Waals surface area contributed by atoms with Crippen LogP contribution in [0, 0.1) is 5.92 Å². The van der Waals surface area contributed by atoms with Gasteiger partial charge in [0.2, 0.25) is 15.9 Å². The van der Waals surface area contributed by atoms with Crippen LogP contribution in [-0.2, 0) is 21.4 Å². The van der Waals surface area contributed by atoms with Gasteiger partial charge in [0.1, 0.15) is 18.4 Å². The highest BCUT2D eigenvalue weighted by molar-refractivity contribution is 7.89. The summed E-state index contributed by atoms with van der Waals surface area (Å²) < 4.78 is 34.1. The largest absolute Gasteiger partial charge is 0.497 e. The molecule has 32 heavy (non-hydrogen) atoms. The molecule has 1 amide bonds. The molecular formula is C21H24N6O4S. The number of pyridine rings is 1. The SMILES string of the molecule is COc1ccc(S(=O)(=O)N2CCCC(C(=O)NCc3cccnc3-n3cncn3)C2)cc1. The van der Waals surface area contributed by atoms with Gasteiger partial charge in [-0.3, -0.25) is 4.79 Å². The van der Waals surface area contributed by atoms with Crippen LogP contribution in [0.4, 0.5) is 0 Å². The molecule has 3 heterocycles. The van der Waals surface area contributed by atoms with Gasteiger partial charge >= 0.3 is 0 Å². The number of nitrogens with one attached hydrogen (secondary N) is 1. The summed E-state index contributed by atoms with van der Waals surface area (Å²) in [7, 11) is -2.16. The van der Waals surface area contributed by atoms with Crippen molar-refractivity contribution in [2.45, 2.75) is 24.3 Å². The van der Waals surface area contributed by atoms with Crippen LogP contribution in [0.25, 0.3) is 5.82 Å². The highest BCUT2D eigenvalue weighted by atomic mass is 32.2. The third-order valence-electron chi connectivity index (χ3n) is 5.41. The monoisotopic (exact) mass is 456 g/mol. The number of benzene rings is 1. The molecule has 0 saturated carbocycles. The minimum absolute atomic E-state index is 0.142. The third kappa shape index (κ3) is 4.63. The summed E-state index contributed by atoms with van der Waals surface area (Å²) in [6.07, 6.45) is 5.84. The zero-order chi connectivity index (χ0) is 22.6. The average Bonchev–Trinajstić information content (AvgIpc) is 3.37. The normalized spacial score (nSPS) is 17.1. The van der Waals surface area contributed by atoms with E-state index in [1.807, 2.05) is 6.07 Å². The van der Waals surface area contributed by atoms with Crippen molar-refractivity contribution in [3.63, 3.8) is 0 Å². The Hall–Kier alpha value is -3.31. The molecule has 2 aromatic heterocycles. The molecule has 0 spiro atoms. The van der Waals surface area contributed by atoms with E-state index in [9.17, 15) is 13.2 Å². The van der Waals surface area contributed by atoms with Crippen molar-refractivity contribution in [2.75, 3.05) is 20.2 Å². The molecule has 1 aliphatic heterocycles. The molecule has 1 atom stereocenters. The lowest BCUT2D eigenvalue weighted by Crippen LogP contribution is -2.45. The Balaban J connectivity index is 1.42. The van der Waals surface area contributed by atoms with Crippen LogP contribution >= 0.6 is 0 Å². The Kier molecular flexibility index (Phi) is 6.47.